The summed E-state index contributed by atoms with van der Waals surface area (Å²) in [5.74, 6) is 6.87. The second kappa shape index (κ2) is 7.37. The molecule has 1 unspecified atom stereocenters. The van der Waals surface area contributed by atoms with Crippen LogP contribution in [0.3, 0.4) is 0 Å². The van der Waals surface area contributed by atoms with Crippen LogP contribution in [0.5, 0.6) is 5.75 Å². The van der Waals surface area contributed by atoms with E-state index in [4.69, 9.17) is 4.74 Å². The number of halogens is 1. The molecule has 0 radical (unpaired) electrons. The molecule has 0 bridgehead atoms. The maximum Gasteiger partial charge on any atom is 0.133 e. The van der Waals surface area contributed by atoms with E-state index >= 15 is 0 Å². The summed E-state index contributed by atoms with van der Waals surface area (Å²) in [5.41, 5.74) is 1.25. The van der Waals surface area contributed by atoms with Crippen LogP contribution in [0, 0.1) is 11.8 Å². The average molecular weight is 296 g/mol. The highest BCUT2D eigenvalue weighted by Gasteiger charge is 2.10. The van der Waals surface area contributed by atoms with Gasteiger partial charge in [0.1, 0.15) is 5.75 Å². The highest BCUT2D eigenvalue weighted by Crippen LogP contribution is 2.29. The van der Waals surface area contributed by atoms with E-state index in [0.717, 1.165) is 23.1 Å². The quantitative estimate of drug-likeness (QED) is 0.839. The Morgan fingerprint density at radius 3 is 2.76 bits per heavy atom. The molecule has 1 rings (SSSR count). The van der Waals surface area contributed by atoms with Crippen LogP contribution in [0.1, 0.15) is 31.4 Å². The highest BCUT2D eigenvalue weighted by atomic mass is 79.9. The topological polar surface area (TPSA) is 21.3 Å². The SMILES string of the molecule is CC#CCCC(NC)c1ccc(OC)c(Br)c1. The average Bonchev–Trinajstić information content (AvgIpc) is 2.35. The lowest BCUT2D eigenvalue weighted by Crippen LogP contribution is -2.16. The van der Waals surface area contributed by atoms with Crippen LogP contribution in [0.15, 0.2) is 22.7 Å². The van der Waals surface area contributed by atoms with Crippen LogP contribution in [0.25, 0.3) is 0 Å². The Morgan fingerprint density at radius 1 is 1.47 bits per heavy atom. The van der Waals surface area contributed by atoms with Gasteiger partial charge in [-0.25, -0.2) is 0 Å². The molecule has 0 aliphatic rings. The lowest BCUT2D eigenvalue weighted by molar-refractivity contribution is 0.411. The van der Waals surface area contributed by atoms with Crippen LogP contribution < -0.4 is 10.1 Å². The molecule has 0 amide bonds. The van der Waals surface area contributed by atoms with Gasteiger partial charge >= 0.3 is 0 Å². The summed E-state index contributed by atoms with van der Waals surface area (Å²) in [6, 6.07) is 6.50. The van der Waals surface area contributed by atoms with E-state index in [1.807, 2.05) is 20.0 Å². The number of hydrogen-bond donors (Lipinski definition) is 1. The third kappa shape index (κ3) is 4.07. The van der Waals surface area contributed by atoms with Crippen molar-refractivity contribution in [3.63, 3.8) is 0 Å². The van der Waals surface area contributed by atoms with E-state index in [0.29, 0.717) is 6.04 Å². The summed E-state index contributed by atoms with van der Waals surface area (Å²) >= 11 is 3.51. The number of hydrogen-bond acceptors (Lipinski definition) is 2. The minimum Gasteiger partial charge on any atom is -0.496 e. The van der Waals surface area contributed by atoms with Crippen molar-refractivity contribution in [2.75, 3.05) is 14.2 Å². The van der Waals surface area contributed by atoms with Crippen LogP contribution in [-0.4, -0.2) is 14.2 Å². The van der Waals surface area contributed by atoms with Gasteiger partial charge in [0.15, 0.2) is 0 Å². The van der Waals surface area contributed by atoms with Crippen molar-refractivity contribution in [2.24, 2.45) is 0 Å². The molecule has 0 aliphatic carbocycles. The van der Waals surface area contributed by atoms with Gasteiger partial charge in [-0.3, -0.25) is 0 Å². The van der Waals surface area contributed by atoms with Gasteiger partial charge in [0, 0.05) is 12.5 Å². The first-order chi connectivity index (χ1) is 8.22. The summed E-state index contributed by atoms with van der Waals surface area (Å²) in [4.78, 5) is 0. The van der Waals surface area contributed by atoms with Gasteiger partial charge in [-0.1, -0.05) is 6.07 Å². The highest BCUT2D eigenvalue weighted by molar-refractivity contribution is 9.10. The lowest BCUT2D eigenvalue weighted by atomic mass is 10.0. The zero-order chi connectivity index (χ0) is 12.7. The van der Waals surface area contributed by atoms with E-state index in [1.54, 1.807) is 7.11 Å². The van der Waals surface area contributed by atoms with Crippen molar-refractivity contribution < 1.29 is 4.74 Å². The molecule has 0 spiro atoms. The first-order valence-corrected chi connectivity index (χ1v) is 6.42. The molecule has 2 nitrogen and oxygen atoms in total. The number of nitrogens with one attached hydrogen (secondary N) is 1. The Hall–Kier alpha value is -0.980. The zero-order valence-corrected chi connectivity index (χ0v) is 12.1. The molecule has 1 atom stereocenters. The van der Waals surface area contributed by atoms with Crippen molar-refractivity contribution in [3.8, 4) is 17.6 Å². The molecule has 0 aliphatic heterocycles. The van der Waals surface area contributed by atoms with E-state index in [2.05, 4.69) is 45.2 Å². The van der Waals surface area contributed by atoms with Crippen LogP contribution in [-0.2, 0) is 0 Å². The van der Waals surface area contributed by atoms with Crippen molar-refractivity contribution in [1.82, 2.24) is 5.32 Å². The maximum atomic E-state index is 5.22. The predicted octanol–water partition coefficient (Wildman–Crippen LogP) is 3.52. The van der Waals surface area contributed by atoms with Crippen molar-refractivity contribution >= 4 is 15.9 Å². The van der Waals surface area contributed by atoms with Gasteiger partial charge in [-0.15, -0.1) is 11.8 Å². The summed E-state index contributed by atoms with van der Waals surface area (Å²) in [5, 5.41) is 3.31. The van der Waals surface area contributed by atoms with Gasteiger partial charge < -0.3 is 10.1 Å². The molecule has 1 aromatic carbocycles. The van der Waals surface area contributed by atoms with Crippen molar-refractivity contribution in [2.45, 2.75) is 25.8 Å². The number of methoxy groups -OCH3 is 1. The number of rotatable bonds is 5. The smallest absolute Gasteiger partial charge is 0.133 e. The molecule has 0 heterocycles. The lowest BCUT2D eigenvalue weighted by Gasteiger charge is -2.16. The molecule has 0 fully saturated rings. The first kappa shape index (κ1) is 14.1. The third-order valence-electron chi connectivity index (χ3n) is 2.66. The van der Waals surface area contributed by atoms with Crippen LogP contribution in [0.2, 0.25) is 0 Å². The van der Waals surface area contributed by atoms with Gasteiger partial charge in [-0.2, -0.15) is 0 Å². The molecule has 0 aromatic heterocycles. The Balaban J connectivity index is 2.80. The van der Waals surface area contributed by atoms with E-state index in [1.165, 1.54) is 5.56 Å². The fraction of sp³-hybridized carbons (Fsp3) is 0.429. The van der Waals surface area contributed by atoms with Gasteiger partial charge in [-0.05, 0) is 54.0 Å². The molecule has 17 heavy (non-hydrogen) atoms. The van der Waals surface area contributed by atoms with Crippen LogP contribution in [0.4, 0.5) is 0 Å². The predicted molar refractivity (Wildman–Crippen MR) is 75.2 cm³/mol. The molecule has 1 N–H and O–H groups in total. The molecular formula is C14H18BrNO. The molecule has 0 saturated carbocycles. The summed E-state index contributed by atoms with van der Waals surface area (Å²) in [7, 11) is 3.65. The Labute approximate surface area is 112 Å². The number of ether oxygens (including phenoxy) is 1. The van der Waals surface area contributed by atoms with Crippen molar-refractivity contribution in [3.05, 3.63) is 28.2 Å². The van der Waals surface area contributed by atoms with Crippen molar-refractivity contribution in [1.29, 1.82) is 0 Å². The van der Waals surface area contributed by atoms with E-state index in [9.17, 15) is 0 Å². The Bertz CT molecular complexity index is 420. The largest absolute Gasteiger partial charge is 0.496 e. The normalized spacial score (nSPS) is 11.5. The third-order valence-corrected chi connectivity index (χ3v) is 3.28. The summed E-state index contributed by atoms with van der Waals surface area (Å²) in [6.45, 7) is 1.87. The maximum absolute atomic E-state index is 5.22. The van der Waals surface area contributed by atoms with Gasteiger partial charge in [0.2, 0.25) is 0 Å². The molecule has 92 valence electrons. The first-order valence-electron chi connectivity index (χ1n) is 5.63. The molecular weight excluding hydrogens is 278 g/mol. The minimum atomic E-state index is 0.332. The fourth-order valence-corrected chi connectivity index (χ4v) is 2.28. The molecule has 0 saturated heterocycles. The standard InChI is InChI=1S/C14H18BrNO/c1-4-5-6-7-13(16-2)11-8-9-14(17-3)12(15)10-11/h8-10,13,16H,6-7H2,1-3H3. The van der Waals surface area contributed by atoms with Crippen LogP contribution >= 0.6 is 15.9 Å². The summed E-state index contributed by atoms with van der Waals surface area (Å²) in [6.07, 6.45) is 1.92. The second-order valence-electron chi connectivity index (χ2n) is 3.70. The zero-order valence-electron chi connectivity index (χ0n) is 10.5. The minimum absolute atomic E-state index is 0.332. The van der Waals surface area contributed by atoms with E-state index in [-0.39, 0.29) is 0 Å². The van der Waals surface area contributed by atoms with E-state index < -0.39 is 0 Å². The second-order valence-corrected chi connectivity index (χ2v) is 4.56. The molecule has 3 heteroatoms. The summed E-state index contributed by atoms with van der Waals surface area (Å²) < 4.78 is 6.21. The van der Waals surface area contributed by atoms with Gasteiger partial charge in [0.25, 0.3) is 0 Å². The monoisotopic (exact) mass is 295 g/mol. The molecule has 1 aromatic rings. The Kier molecular flexibility index (Phi) is 6.10. The Morgan fingerprint density at radius 2 is 2.24 bits per heavy atom. The number of benzene rings is 1. The fourth-order valence-electron chi connectivity index (χ4n) is 1.72. The van der Waals surface area contributed by atoms with Gasteiger partial charge in [0.05, 0.1) is 11.6 Å².